The summed E-state index contributed by atoms with van der Waals surface area (Å²) in [7, 11) is 0. The van der Waals surface area contributed by atoms with Gasteiger partial charge in [0.15, 0.2) is 0 Å². The highest BCUT2D eigenvalue weighted by atomic mass is 16.5. The Morgan fingerprint density at radius 2 is 1.84 bits per heavy atom. The van der Waals surface area contributed by atoms with Crippen molar-refractivity contribution >= 4 is 29.5 Å². The van der Waals surface area contributed by atoms with Crippen molar-refractivity contribution in [1.29, 1.82) is 0 Å². The quantitative estimate of drug-likeness (QED) is 0.502. The number of hydrogen-bond donors (Lipinski definition) is 2. The maximum Gasteiger partial charge on any atom is 0.338 e. The lowest BCUT2D eigenvalue weighted by atomic mass is 9.93. The number of anilines is 1. The highest BCUT2D eigenvalue weighted by Gasteiger charge is 2.47. The molecule has 0 bridgehead atoms. The van der Waals surface area contributed by atoms with Gasteiger partial charge >= 0.3 is 12.0 Å². The summed E-state index contributed by atoms with van der Waals surface area (Å²) in [6, 6.07) is 15.3. The molecule has 8 nitrogen and oxygen atoms in total. The Morgan fingerprint density at radius 3 is 2.55 bits per heavy atom. The number of rotatable bonds is 8. The third kappa shape index (κ3) is 5.28. The van der Waals surface area contributed by atoms with E-state index in [9.17, 15) is 19.2 Å². The minimum absolute atomic E-state index is 0.241. The van der Waals surface area contributed by atoms with E-state index in [1.165, 1.54) is 6.07 Å². The van der Waals surface area contributed by atoms with Gasteiger partial charge in [0, 0.05) is 5.69 Å². The molecule has 1 aliphatic heterocycles. The van der Waals surface area contributed by atoms with Crippen LogP contribution in [0.25, 0.3) is 0 Å². The molecule has 1 aliphatic rings. The van der Waals surface area contributed by atoms with Gasteiger partial charge in [0.25, 0.3) is 5.91 Å². The van der Waals surface area contributed by atoms with Gasteiger partial charge in [-0.1, -0.05) is 36.4 Å². The Morgan fingerprint density at radius 1 is 1.10 bits per heavy atom. The lowest BCUT2D eigenvalue weighted by molar-refractivity contribution is -0.133. The molecule has 31 heavy (non-hydrogen) atoms. The fraction of sp³-hybridized carbons (Fsp3) is 0.304. The Balaban J connectivity index is 1.61. The number of benzene rings is 2. The number of esters is 1. The smallest absolute Gasteiger partial charge is 0.338 e. The highest BCUT2D eigenvalue weighted by Crippen LogP contribution is 2.23. The van der Waals surface area contributed by atoms with Crippen molar-refractivity contribution in [2.75, 3.05) is 18.5 Å². The average Bonchev–Trinajstić information content (AvgIpc) is 2.97. The molecule has 8 heteroatoms. The number of carbonyl (C=O) groups is 4. The second-order valence-electron chi connectivity index (χ2n) is 7.49. The van der Waals surface area contributed by atoms with Crippen LogP contribution in [0.15, 0.2) is 54.6 Å². The van der Waals surface area contributed by atoms with Gasteiger partial charge in [0.05, 0.1) is 12.2 Å². The molecular formula is C23H25N3O5. The topological polar surface area (TPSA) is 105 Å². The molecule has 162 valence electrons. The second kappa shape index (κ2) is 9.42. The molecule has 1 fully saturated rings. The van der Waals surface area contributed by atoms with Gasteiger partial charge in [-0.3, -0.25) is 14.5 Å². The number of ether oxygens (including phenoxy) is 1. The lowest BCUT2D eigenvalue weighted by Crippen LogP contribution is -2.45. The third-order valence-electron chi connectivity index (χ3n) is 5.06. The molecule has 0 unspecified atom stereocenters. The molecule has 0 radical (unpaired) electrons. The molecule has 2 aromatic carbocycles. The number of aryl methyl sites for hydroxylation is 1. The molecule has 0 saturated carbocycles. The molecule has 1 heterocycles. The normalized spacial score (nSPS) is 17.9. The summed E-state index contributed by atoms with van der Waals surface area (Å²) >= 11 is 0. The average molecular weight is 423 g/mol. The second-order valence-corrected chi connectivity index (χ2v) is 7.49. The minimum atomic E-state index is -1.07. The van der Waals surface area contributed by atoms with Gasteiger partial charge in [0.2, 0.25) is 5.91 Å². The van der Waals surface area contributed by atoms with Crippen molar-refractivity contribution < 1.29 is 23.9 Å². The summed E-state index contributed by atoms with van der Waals surface area (Å²) in [5.41, 5.74) is 0.651. The maximum atomic E-state index is 12.9. The van der Waals surface area contributed by atoms with Crippen LogP contribution in [0.4, 0.5) is 10.5 Å². The Bertz CT molecular complexity index is 992. The van der Waals surface area contributed by atoms with E-state index < -0.39 is 35.9 Å². The zero-order valence-corrected chi connectivity index (χ0v) is 17.5. The molecular weight excluding hydrogens is 398 g/mol. The van der Waals surface area contributed by atoms with Crippen LogP contribution < -0.4 is 10.6 Å². The molecule has 0 aliphatic carbocycles. The van der Waals surface area contributed by atoms with E-state index >= 15 is 0 Å². The summed E-state index contributed by atoms with van der Waals surface area (Å²) in [6.07, 6.45) is 1.03. The first kappa shape index (κ1) is 22.0. The molecule has 2 aromatic rings. The standard InChI is InChI=1S/C23H25N3O5/c1-3-31-20(28)17-10-7-11-18(14-17)24-19(27)15-26-21(29)23(2,25-22(26)30)13-12-16-8-5-4-6-9-16/h4-11,14H,3,12-13,15H2,1-2H3,(H,24,27)(H,25,30)/t23-/m1/s1. The minimum Gasteiger partial charge on any atom is -0.462 e. The van der Waals surface area contributed by atoms with Crippen LogP contribution in [0.5, 0.6) is 0 Å². The van der Waals surface area contributed by atoms with Crippen molar-refractivity contribution in [3.8, 4) is 0 Å². The Hall–Kier alpha value is -3.68. The van der Waals surface area contributed by atoms with Gasteiger partial charge in [-0.25, -0.2) is 9.59 Å². The molecule has 0 spiro atoms. The summed E-state index contributed by atoms with van der Waals surface area (Å²) in [5, 5.41) is 5.32. The predicted molar refractivity (Wildman–Crippen MR) is 114 cm³/mol. The van der Waals surface area contributed by atoms with Gasteiger partial charge in [-0.15, -0.1) is 0 Å². The Labute approximate surface area is 180 Å². The van der Waals surface area contributed by atoms with E-state index in [0.717, 1.165) is 10.5 Å². The van der Waals surface area contributed by atoms with E-state index in [1.54, 1.807) is 32.0 Å². The molecule has 3 rings (SSSR count). The number of nitrogens with one attached hydrogen (secondary N) is 2. The third-order valence-corrected chi connectivity index (χ3v) is 5.06. The van der Waals surface area contributed by atoms with Crippen molar-refractivity contribution in [2.24, 2.45) is 0 Å². The van der Waals surface area contributed by atoms with Crippen LogP contribution in [0.2, 0.25) is 0 Å². The van der Waals surface area contributed by atoms with E-state index in [0.29, 0.717) is 24.1 Å². The van der Waals surface area contributed by atoms with Crippen LogP contribution in [-0.2, 0) is 20.7 Å². The van der Waals surface area contributed by atoms with E-state index in [4.69, 9.17) is 4.74 Å². The molecule has 1 atom stereocenters. The van der Waals surface area contributed by atoms with Crippen LogP contribution >= 0.6 is 0 Å². The Kier molecular flexibility index (Phi) is 6.69. The van der Waals surface area contributed by atoms with Gasteiger partial charge in [-0.2, -0.15) is 0 Å². The first-order valence-electron chi connectivity index (χ1n) is 10.1. The maximum absolute atomic E-state index is 12.9. The van der Waals surface area contributed by atoms with Gasteiger partial charge < -0.3 is 15.4 Å². The number of amides is 4. The first-order valence-corrected chi connectivity index (χ1v) is 10.1. The summed E-state index contributed by atoms with van der Waals surface area (Å²) in [6.45, 7) is 3.19. The lowest BCUT2D eigenvalue weighted by Gasteiger charge is -2.21. The predicted octanol–water partition coefficient (Wildman–Crippen LogP) is 2.75. The van der Waals surface area contributed by atoms with Gasteiger partial charge in [0.1, 0.15) is 12.1 Å². The fourth-order valence-corrected chi connectivity index (χ4v) is 3.38. The molecule has 4 amide bonds. The van der Waals surface area contributed by atoms with E-state index in [-0.39, 0.29) is 6.61 Å². The number of nitrogens with zero attached hydrogens (tertiary/aromatic N) is 1. The molecule has 1 saturated heterocycles. The largest absolute Gasteiger partial charge is 0.462 e. The van der Waals surface area contributed by atoms with Crippen LogP contribution in [0.3, 0.4) is 0 Å². The number of urea groups is 1. The zero-order valence-electron chi connectivity index (χ0n) is 17.5. The van der Waals surface area contributed by atoms with E-state index in [1.807, 2.05) is 30.3 Å². The number of carbonyl (C=O) groups excluding carboxylic acids is 4. The number of imide groups is 1. The first-order chi connectivity index (χ1) is 14.8. The monoisotopic (exact) mass is 423 g/mol. The van der Waals surface area contributed by atoms with Crippen LogP contribution in [-0.4, -0.2) is 47.4 Å². The van der Waals surface area contributed by atoms with Crippen LogP contribution in [0, 0.1) is 0 Å². The number of hydrogen-bond acceptors (Lipinski definition) is 5. The molecule has 0 aromatic heterocycles. The SMILES string of the molecule is CCOC(=O)c1cccc(NC(=O)CN2C(=O)N[C@](C)(CCc3ccccc3)C2=O)c1. The van der Waals surface area contributed by atoms with E-state index in [2.05, 4.69) is 10.6 Å². The molecule has 2 N–H and O–H groups in total. The van der Waals surface area contributed by atoms with Crippen molar-refractivity contribution in [1.82, 2.24) is 10.2 Å². The van der Waals surface area contributed by atoms with Crippen molar-refractivity contribution in [2.45, 2.75) is 32.2 Å². The summed E-state index contributed by atoms with van der Waals surface area (Å²) in [5.74, 6) is -1.48. The van der Waals surface area contributed by atoms with Crippen molar-refractivity contribution in [3.63, 3.8) is 0 Å². The summed E-state index contributed by atoms with van der Waals surface area (Å²) in [4.78, 5) is 50.4. The highest BCUT2D eigenvalue weighted by molar-refractivity contribution is 6.10. The zero-order chi connectivity index (χ0) is 22.4. The summed E-state index contributed by atoms with van der Waals surface area (Å²) < 4.78 is 4.94. The van der Waals surface area contributed by atoms with Gasteiger partial charge in [-0.05, 0) is 50.5 Å². The van der Waals surface area contributed by atoms with Crippen LogP contribution in [0.1, 0.15) is 36.2 Å². The fourth-order valence-electron chi connectivity index (χ4n) is 3.38. The van der Waals surface area contributed by atoms with Crippen molar-refractivity contribution in [3.05, 3.63) is 65.7 Å².